The molecule has 18 nitrogen and oxygen atoms in total. The normalized spacial score (nSPS) is 12.7. The van der Waals surface area contributed by atoms with Crippen LogP contribution < -0.4 is 38.7 Å². The number of nitrogens with one attached hydrogen (secondary N) is 4. The molecule has 0 spiro atoms. The van der Waals surface area contributed by atoms with Gasteiger partial charge in [-0.05, 0) is 65.0 Å². The maximum Gasteiger partial charge on any atom is 0.410 e. The van der Waals surface area contributed by atoms with Crippen LogP contribution >= 0.6 is 0 Å². The maximum atomic E-state index is 13.4. The van der Waals surface area contributed by atoms with Gasteiger partial charge in [-0.2, -0.15) is 0 Å². The van der Waals surface area contributed by atoms with Crippen LogP contribution in [0, 0.1) is 5.92 Å². The van der Waals surface area contributed by atoms with Crippen molar-refractivity contribution in [3.8, 4) is 0 Å². The van der Waals surface area contributed by atoms with Crippen LogP contribution in [-0.4, -0.2) is 100 Å². The van der Waals surface area contributed by atoms with E-state index in [0.29, 0.717) is 49.3 Å². The average Bonchev–Trinajstić information content (AvgIpc) is 3.49. The first-order chi connectivity index (χ1) is 26.1. The molecular weight excluding hydrogens is 710 g/mol. The average molecular weight is 770 g/mol. The summed E-state index contributed by atoms with van der Waals surface area (Å²) in [6.07, 6.45) is 1.29. The van der Waals surface area contributed by atoms with E-state index in [0.717, 1.165) is 10.9 Å². The van der Waals surface area contributed by atoms with Gasteiger partial charge in [-0.1, -0.05) is 32.0 Å². The molecule has 5 amide bonds. The number of anilines is 1. The molecule has 2 atom stereocenters. The van der Waals surface area contributed by atoms with Gasteiger partial charge in [-0.25, -0.2) is 20.6 Å². The molecule has 0 aliphatic rings. The highest BCUT2D eigenvalue weighted by Crippen LogP contribution is 2.31. The van der Waals surface area contributed by atoms with Gasteiger partial charge in [0.25, 0.3) is 0 Å². The third-order valence-electron chi connectivity index (χ3n) is 8.90. The zero-order chi connectivity index (χ0) is 40.7. The van der Waals surface area contributed by atoms with Crippen molar-refractivity contribution < 1.29 is 33.4 Å². The Morgan fingerprint density at radius 3 is 2.36 bits per heavy atom. The van der Waals surface area contributed by atoms with Crippen molar-refractivity contribution in [2.45, 2.75) is 104 Å². The number of hydrazine groups is 1. The molecule has 3 rings (SSSR count). The largest absolute Gasteiger partial charge is 0.441 e. The van der Waals surface area contributed by atoms with Crippen LogP contribution in [0.5, 0.6) is 0 Å². The molecule has 304 valence electrons. The van der Waals surface area contributed by atoms with E-state index in [-0.39, 0.29) is 57.2 Å². The summed E-state index contributed by atoms with van der Waals surface area (Å²) in [5.74, 6) is 3.95. The quantitative estimate of drug-likeness (QED) is 0.0333. The van der Waals surface area contributed by atoms with Crippen LogP contribution in [0.2, 0.25) is 0 Å². The zero-order valence-corrected chi connectivity index (χ0v) is 32.9. The molecule has 0 saturated heterocycles. The van der Waals surface area contributed by atoms with E-state index in [9.17, 15) is 24.0 Å². The lowest BCUT2D eigenvalue weighted by atomic mass is 10.0. The molecule has 0 radical (unpaired) electrons. The number of nitrogens with two attached hydrogens (primary N) is 3. The number of aromatic nitrogens is 3. The molecule has 0 fully saturated rings. The van der Waals surface area contributed by atoms with Crippen molar-refractivity contribution in [1.29, 1.82) is 0 Å². The second kappa shape index (κ2) is 21.1. The van der Waals surface area contributed by atoms with Crippen LogP contribution in [-0.2, 0) is 41.8 Å². The fourth-order valence-corrected chi connectivity index (χ4v) is 5.95. The van der Waals surface area contributed by atoms with Crippen molar-refractivity contribution in [1.82, 2.24) is 40.8 Å². The van der Waals surface area contributed by atoms with E-state index >= 15 is 0 Å². The first kappa shape index (κ1) is 44.3. The number of nitrogens with zero attached hydrogens (tertiary/aromatic N) is 4. The van der Waals surface area contributed by atoms with Gasteiger partial charge in [0.05, 0.1) is 17.6 Å². The maximum absolute atomic E-state index is 13.4. The lowest BCUT2D eigenvalue weighted by Crippen LogP contribution is -2.55. The van der Waals surface area contributed by atoms with Crippen LogP contribution in [0.3, 0.4) is 0 Å². The molecule has 2 aromatic heterocycles. The number of pyridine rings is 1. The SMILES string of the molecule is CCOCc1nc2c(N)nc3ccccc3c2n1CC(C)(C)OC(=O)N(C)CCNC(=O)[C@H](CCCCN)NC(=O)[C@@H](NC(=O)CCCC(=O)NN)C(C)C. The second-order valence-corrected chi connectivity index (χ2v) is 14.4. The number of imidazole rings is 1. The number of benzene rings is 1. The molecule has 0 bridgehead atoms. The molecule has 55 heavy (non-hydrogen) atoms. The summed E-state index contributed by atoms with van der Waals surface area (Å²) in [7, 11) is 1.57. The Bertz CT molecular complexity index is 1780. The van der Waals surface area contributed by atoms with Gasteiger partial charge in [0.1, 0.15) is 35.6 Å². The molecule has 3 aromatic rings. The summed E-state index contributed by atoms with van der Waals surface area (Å²) in [5, 5.41) is 9.15. The summed E-state index contributed by atoms with van der Waals surface area (Å²) >= 11 is 0. The predicted molar refractivity (Wildman–Crippen MR) is 209 cm³/mol. The van der Waals surface area contributed by atoms with Crippen LogP contribution in [0.4, 0.5) is 10.6 Å². The minimum Gasteiger partial charge on any atom is -0.441 e. The number of carbonyl (C=O) groups excluding carboxylic acids is 5. The first-order valence-electron chi connectivity index (χ1n) is 18.7. The number of hydrogen-bond acceptors (Lipinski definition) is 12. The van der Waals surface area contributed by atoms with Crippen molar-refractivity contribution in [2.24, 2.45) is 17.5 Å². The Kier molecular flexibility index (Phi) is 17.0. The van der Waals surface area contributed by atoms with E-state index in [1.165, 1.54) is 4.90 Å². The van der Waals surface area contributed by atoms with E-state index in [1.807, 2.05) is 41.2 Å². The lowest BCUT2D eigenvalue weighted by molar-refractivity contribution is -0.133. The molecule has 0 saturated carbocycles. The van der Waals surface area contributed by atoms with Gasteiger partial charge in [-0.3, -0.25) is 24.6 Å². The van der Waals surface area contributed by atoms with E-state index < -0.39 is 47.4 Å². The van der Waals surface area contributed by atoms with Crippen LogP contribution in [0.25, 0.3) is 21.9 Å². The van der Waals surface area contributed by atoms with Gasteiger partial charge in [0.15, 0.2) is 5.82 Å². The summed E-state index contributed by atoms with van der Waals surface area (Å²) < 4.78 is 13.6. The summed E-state index contributed by atoms with van der Waals surface area (Å²) in [6.45, 7) is 10.6. The van der Waals surface area contributed by atoms with Gasteiger partial charge >= 0.3 is 6.09 Å². The second-order valence-electron chi connectivity index (χ2n) is 14.4. The van der Waals surface area contributed by atoms with Crippen molar-refractivity contribution in [2.75, 3.05) is 39.0 Å². The number of rotatable bonds is 22. The number of ether oxygens (including phenoxy) is 2. The summed E-state index contributed by atoms with van der Waals surface area (Å²) in [5.41, 5.74) is 15.0. The van der Waals surface area contributed by atoms with Crippen LogP contribution in [0.15, 0.2) is 24.3 Å². The van der Waals surface area contributed by atoms with E-state index in [1.54, 1.807) is 34.7 Å². The van der Waals surface area contributed by atoms with E-state index in [4.69, 9.17) is 31.8 Å². The van der Waals surface area contributed by atoms with Crippen molar-refractivity contribution in [3.63, 3.8) is 0 Å². The van der Waals surface area contributed by atoms with Gasteiger partial charge in [0, 0.05) is 45.0 Å². The number of likely N-dealkylation sites (N-methyl/N-ethyl adjacent to an activating group) is 1. The molecule has 1 aromatic carbocycles. The number of amides is 5. The Labute approximate surface area is 321 Å². The molecule has 10 N–H and O–H groups in total. The smallest absolute Gasteiger partial charge is 0.410 e. The molecule has 2 heterocycles. The number of fused-ring (bicyclic) bond motifs is 3. The minimum absolute atomic E-state index is 0.0247. The van der Waals surface area contributed by atoms with Crippen molar-refractivity contribution in [3.05, 3.63) is 30.1 Å². The van der Waals surface area contributed by atoms with Gasteiger partial charge in [-0.15, -0.1) is 0 Å². The highest BCUT2D eigenvalue weighted by Gasteiger charge is 2.31. The fraction of sp³-hybridized carbons (Fsp3) is 0.595. The zero-order valence-electron chi connectivity index (χ0n) is 32.9. The molecule has 0 unspecified atom stereocenters. The first-order valence-corrected chi connectivity index (χ1v) is 18.7. The lowest BCUT2D eigenvalue weighted by Gasteiger charge is -2.29. The summed E-state index contributed by atoms with van der Waals surface area (Å²) in [6, 6.07) is 5.80. The fourth-order valence-electron chi connectivity index (χ4n) is 5.95. The Hall–Kier alpha value is -5.07. The number of para-hydroxylation sites is 1. The minimum atomic E-state index is -1.01. The molecular formula is C37H59N11O7. The highest BCUT2D eigenvalue weighted by atomic mass is 16.6. The molecule has 0 aliphatic heterocycles. The number of carbonyl (C=O) groups is 5. The Morgan fingerprint density at radius 1 is 0.982 bits per heavy atom. The number of unbranched alkanes of at least 4 members (excludes halogenated alkanes) is 1. The number of hydrogen-bond donors (Lipinski definition) is 7. The highest BCUT2D eigenvalue weighted by molar-refractivity contribution is 6.06. The standard InChI is InChI=1S/C37H59N11O7/c1-7-54-21-27-44-31-32(24-13-8-9-14-25(24)42-33(31)39)48(27)22-37(4,5)55-36(53)47(6)20-19-41-34(51)26(15-10-11-18-38)43-35(52)30(23(2)3)45-28(49)16-12-17-29(50)46-40/h8-9,13-14,23,26,30H,7,10-12,15-22,38,40H2,1-6H3,(H2,39,42)(H,41,51)(H,43,52)(H,45,49)(H,46,50)/t26-,30-/m0/s1. The monoisotopic (exact) mass is 769 g/mol. The van der Waals surface area contributed by atoms with E-state index in [2.05, 4.69) is 20.9 Å². The van der Waals surface area contributed by atoms with Crippen molar-refractivity contribution >= 4 is 57.5 Å². The third kappa shape index (κ3) is 13.0. The third-order valence-corrected chi connectivity index (χ3v) is 8.90. The Morgan fingerprint density at radius 2 is 1.69 bits per heavy atom. The van der Waals surface area contributed by atoms with Gasteiger partial charge in [0.2, 0.25) is 23.6 Å². The van der Waals surface area contributed by atoms with Gasteiger partial charge < -0.3 is 46.4 Å². The topological polar surface area (TPSA) is 264 Å². The summed E-state index contributed by atoms with van der Waals surface area (Å²) in [4.78, 5) is 74.6. The molecule has 0 aliphatic carbocycles. The molecule has 18 heteroatoms. The van der Waals surface area contributed by atoms with Crippen LogP contribution in [0.1, 0.15) is 79.0 Å². The Balaban J connectivity index is 1.63. The number of nitrogen functional groups attached to an aromatic ring is 1. The predicted octanol–water partition coefficient (Wildman–Crippen LogP) is 1.58.